The SMILES string of the molecule is O=C(NCC(O)c1ccc([N+](=O)[O-])cc1)c1cccc(NC(=O)C2CCCO2)c1. The zero-order valence-corrected chi connectivity index (χ0v) is 15.5. The summed E-state index contributed by atoms with van der Waals surface area (Å²) in [6.45, 7) is 0.501. The average molecular weight is 399 g/mol. The highest BCUT2D eigenvalue weighted by atomic mass is 16.6. The highest BCUT2D eigenvalue weighted by Crippen LogP contribution is 2.18. The van der Waals surface area contributed by atoms with Crippen molar-refractivity contribution < 1.29 is 24.4 Å². The molecule has 2 atom stereocenters. The van der Waals surface area contributed by atoms with Crippen LogP contribution in [0.4, 0.5) is 11.4 Å². The summed E-state index contributed by atoms with van der Waals surface area (Å²) in [4.78, 5) is 34.6. The molecule has 2 aromatic carbocycles. The van der Waals surface area contributed by atoms with E-state index in [1.807, 2.05) is 0 Å². The Balaban J connectivity index is 1.56. The smallest absolute Gasteiger partial charge is 0.269 e. The second-order valence-corrected chi connectivity index (χ2v) is 6.65. The van der Waals surface area contributed by atoms with Gasteiger partial charge in [-0.25, -0.2) is 0 Å². The number of aliphatic hydroxyl groups excluding tert-OH is 1. The standard InChI is InChI=1S/C20H21N3O6/c24-17(13-6-8-16(9-7-13)23(27)28)12-21-19(25)14-3-1-4-15(11-14)22-20(26)18-5-2-10-29-18/h1,3-4,6-9,11,17-18,24H,2,5,10,12H2,(H,21,25)(H,22,26). The van der Waals surface area contributed by atoms with Gasteiger partial charge in [0, 0.05) is 36.5 Å². The van der Waals surface area contributed by atoms with Crippen LogP contribution in [0.15, 0.2) is 48.5 Å². The van der Waals surface area contributed by atoms with Gasteiger partial charge in [0.1, 0.15) is 6.10 Å². The molecule has 1 aliphatic rings. The number of nitrogens with zero attached hydrogens (tertiary/aromatic N) is 1. The molecule has 1 aliphatic heterocycles. The number of carbonyl (C=O) groups is 2. The van der Waals surface area contributed by atoms with Crippen molar-refractivity contribution in [2.24, 2.45) is 0 Å². The summed E-state index contributed by atoms with van der Waals surface area (Å²) in [5, 5.41) is 26.2. The highest BCUT2D eigenvalue weighted by molar-refractivity contribution is 5.98. The van der Waals surface area contributed by atoms with Crippen molar-refractivity contribution in [2.75, 3.05) is 18.5 Å². The summed E-state index contributed by atoms with van der Waals surface area (Å²) in [6, 6.07) is 11.9. The van der Waals surface area contributed by atoms with Crippen molar-refractivity contribution >= 4 is 23.2 Å². The fourth-order valence-corrected chi connectivity index (χ4v) is 2.97. The zero-order chi connectivity index (χ0) is 20.8. The molecule has 9 nitrogen and oxygen atoms in total. The van der Waals surface area contributed by atoms with Gasteiger partial charge in [0.05, 0.1) is 11.0 Å². The second-order valence-electron chi connectivity index (χ2n) is 6.65. The van der Waals surface area contributed by atoms with E-state index >= 15 is 0 Å². The van der Waals surface area contributed by atoms with E-state index in [0.717, 1.165) is 6.42 Å². The lowest BCUT2D eigenvalue weighted by Crippen LogP contribution is -2.29. The summed E-state index contributed by atoms with van der Waals surface area (Å²) >= 11 is 0. The lowest BCUT2D eigenvalue weighted by molar-refractivity contribution is -0.384. The molecule has 2 aromatic rings. The Bertz CT molecular complexity index is 893. The van der Waals surface area contributed by atoms with Gasteiger partial charge in [0.25, 0.3) is 17.5 Å². The monoisotopic (exact) mass is 399 g/mol. The minimum Gasteiger partial charge on any atom is -0.387 e. The molecule has 1 saturated heterocycles. The van der Waals surface area contributed by atoms with Gasteiger partial charge < -0.3 is 20.5 Å². The van der Waals surface area contributed by atoms with Gasteiger partial charge in [-0.1, -0.05) is 6.07 Å². The fraction of sp³-hybridized carbons (Fsp3) is 0.300. The third-order valence-electron chi connectivity index (χ3n) is 4.56. The van der Waals surface area contributed by atoms with Crippen molar-refractivity contribution in [1.29, 1.82) is 0 Å². The normalized spacial score (nSPS) is 16.8. The van der Waals surface area contributed by atoms with Crippen LogP contribution in [-0.4, -0.2) is 41.1 Å². The van der Waals surface area contributed by atoms with Crippen LogP contribution < -0.4 is 10.6 Å². The molecular formula is C20H21N3O6. The predicted molar refractivity (Wildman–Crippen MR) is 104 cm³/mol. The molecule has 3 rings (SSSR count). The van der Waals surface area contributed by atoms with E-state index < -0.39 is 23.0 Å². The number of rotatable bonds is 7. The number of nitrogens with one attached hydrogen (secondary N) is 2. The van der Waals surface area contributed by atoms with Gasteiger partial charge in [0.15, 0.2) is 0 Å². The first-order valence-corrected chi connectivity index (χ1v) is 9.17. The minimum absolute atomic E-state index is 0.0663. The third kappa shape index (κ3) is 5.37. The Morgan fingerprint density at radius 3 is 2.66 bits per heavy atom. The molecule has 1 heterocycles. The first kappa shape index (κ1) is 20.4. The fourth-order valence-electron chi connectivity index (χ4n) is 2.97. The van der Waals surface area contributed by atoms with Gasteiger partial charge in [-0.2, -0.15) is 0 Å². The first-order valence-electron chi connectivity index (χ1n) is 9.17. The van der Waals surface area contributed by atoms with Crippen LogP contribution in [0.3, 0.4) is 0 Å². The number of anilines is 1. The van der Waals surface area contributed by atoms with Crippen LogP contribution in [0.25, 0.3) is 0 Å². The number of carbonyl (C=O) groups excluding carboxylic acids is 2. The Labute approximate surface area is 166 Å². The van der Waals surface area contributed by atoms with Gasteiger partial charge >= 0.3 is 0 Å². The summed E-state index contributed by atoms with van der Waals surface area (Å²) < 4.78 is 5.34. The number of aliphatic hydroxyl groups is 1. The van der Waals surface area contributed by atoms with Gasteiger partial charge in [0.2, 0.25) is 0 Å². The second kappa shape index (κ2) is 9.26. The molecule has 0 saturated carbocycles. The van der Waals surface area contributed by atoms with Crippen LogP contribution in [0.5, 0.6) is 0 Å². The number of nitro benzene ring substituents is 1. The van der Waals surface area contributed by atoms with E-state index in [1.54, 1.807) is 24.3 Å². The van der Waals surface area contributed by atoms with Crippen molar-refractivity contribution in [3.63, 3.8) is 0 Å². The number of hydrogen-bond acceptors (Lipinski definition) is 6. The summed E-state index contributed by atoms with van der Waals surface area (Å²) in [5.74, 6) is -0.659. The largest absolute Gasteiger partial charge is 0.387 e. The van der Waals surface area contributed by atoms with Crippen LogP contribution >= 0.6 is 0 Å². The molecule has 1 fully saturated rings. The van der Waals surface area contributed by atoms with Crippen LogP contribution in [0, 0.1) is 10.1 Å². The molecule has 0 aromatic heterocycles. The maximum Gasteiger partial charge on any atom is 0.269 e. The number of nitro groups is 1. The molecule has 2 amide bonds. The summed E-state index contributed by atoms with van der Waals surface area (Å²) in [5.41, 5.74) is 1.18. The van der Waals surface area contributed by atoms with Crippen molar-refractivity contribution in [1.82, 2.24) is 5.32 Å². The molecule has 29 heavy (non-hydrogen) atoms. The summed E-state index contributed by atoms with van der Waals surface area (Å²) in [7, 11) is 0. The highest BCUT2D eigenvalue weighted by Gasteiger charge is 2.23. The van der Waals surface area contributed by atoms with Gasteiger partial charge in [-0.05, 0) is 48.7 Å². The molecule has 0 radical (unpaired) electrons. The first-order chi connectivity index (χ1) is 13.9. The van der Waals surface area contributed by atoms with E-state index in [4.69, 9.17) is 4.74 Å². The average Bonchev–Trinajstić information content (AvgIpc) is 3.27. The molecular weight excluding hydrogens is 378 g/mol. The predicted octanol–water partition coefficient (Wildman–Crippen LogP) is 2.18. The lowest BCUT2D eigenvalue weighted by atomic mass is 10.1. The number of non-ortho nitro benzene ring substituents is 1. The van der Waals surface area contributed by atoms with E-state index in [9.17, 15) is 24.8 Å². The molecule has 9 heteroatoms. The number of benzene rings is 2. The zero-order valence-electron chi connectivity index (χ0n) is 15.5. The van der Waals surface area contributed by atoms with E-state index in [0.29, 0.717) is 29.8 Å². The maximum absolute atomic E-state index is 12.4. The lowest BCUT2D eigenvalue weighted by Gasteiger charge is -2.13. The minimum atomic E-state index is -1.01. The number of hydrogen-bond donors (Lipinski definition) is 3. The van der Waals surface area contributed by atoms with Crippen molar-refractivity contribution in [3.8, 4) is 0 Å². The number of ether oxygens (including phenoxy) is 1. The van der Waals surface area contributed by atoms with E-state index in [2.05, 4.69) is 10.6 Å². The van der Waals surface area contributed by atoms with Crippen LogP contribution in [0.1, 0.15) is 34.9 Å². The molecule has 0 aliphatic carbocycles. The van der Waals surface area contributed by atoms with Gasteiger partial charge in [-0.15, -0.1) is 0 Å². The molecule has 0 bridgehead atoms. The van der Waals surface area contributed by atoms with Crippen LogP contribution in [0.2, 0.25) is 0 Å². The Hall–Kier alpha value is -3.30. The maximum atomic E-state index is 12.4. The summed E-state index contributed by atoms with van der Waals surface area (Å²) in [6.07, 6.45) is 0.0379. The topological polar surface area (TPSA) is 131 Å². The van der Waals surface area contributed by atoms with E-state index in [1.165, 1.54) is 24.3 Å². The van der Waals surface area contributed by atoms with Crippen molar-refractivity contribution in [3.05, 3.63) is 69.8 Å². The number of amides is 2. The molecule has 0 spiro atoms. The molecule has 3 N–H and O–H groups in total. The Morgan fingerprint density at radius 2 is 2.00 bits per heavy atom. The van der Waals surface area contributed by atoms with Gasteiger partial charge in [-0.3, -0.25) is 19.7 Å². The Morgan fingerprint density at radius 1 is 1.24 bits per heavy atom. The third-order valence-corrected chi connectivity index (χ3v) is 4.56. The van der Waals surface area contributed by atoms with Crippen LogP contribution in [-0.2, 0) is 9.53 Å². The molecule has 2 unspecified atom stereocenters. The van der Waals surface area contributed by atoms with Crippen molar-refractivity contribution in [2.45, 2.75) is 25.0 Å². The Kier molecular flexibility index (Phi) is 6.53. The quantitative estimate of drug-likeness (QED) is 0.483. The molecule has 152 valence electrons. The van der Waals surface area contributed by atoms with E-state index in [-0.39, 0.29) is 18.1 Å².